The van der Waals surface area contributed by atoms with E-state index < -0.39 is 5.97 Å². The minimum atomic E-state index is -0.818. The molecule has 1 amide bonds. The van der Waals surface area contributed by atoms with Crippen LogP contribution in [0.1, 0.15) is 30.4 Å². The van der Waals surface area contributed by atoms with E-state index in [-0.39, 0.29) is 18.4 Å². The van der Waals surface area contributed by atoms with Crippen LogP contribution in [-0.2, 0) is 22.6 Å². The van der Waals surface area contributed by atoms with Crippen LogP contribution in [0.15, 0.2) is 54.6 Å². The molecule has 0 radical (unpaired) electrons. The first-order chi connectivity index (χ1) is 12.6. The number of aliphatic carboxylic acids is 1. The zero-order valence-electron chi connectivity index (χ0n) is 14.7. The van der Waals surface area contributed by atoms with Gasteiger partial charge in [0.15, 0.2) is 0 Å². The van der Waals surface area contributed by atoms with Crippen LogP contribution < -0.4 is 5.32 Å². The van der Waals surface area contributed by atoms with Crippen LogP contribution in [0.4, 0.5) is 5.69 Å². The molecule has 5 heteroatoms. The summed E-state index contributed by atoms with van der Waals surface area (Å²) in [4.78, 5) is 25.7. The summed E-state index contributed by atoms with van der Waals surface area (Å²) < 4.78 is 0. The molecule has 26 heavy (non-hydrogen) atoms. The van der Waals surface area contributed by atoms with Crippen molar-refractivity contribution >= 4 is 17.6 Å². The van der Waals surface area contributed by atoms with E-state index in [9.17, 15) is 9.59 Å². The fourth-order valence-electron chi connectivity index (χ4n) is 3.41. The number of hydrogen-bond donors (Lipinski definition) is 2. The number of benzene rings is 2. The van der Waals surface area contributed by atoms with Gasteiger partial charge in [0.25, 0.3) is 0 Å². The lowest BCUT2D eigenvalue weighted by molar-refractivity contribution is -0.137. The van der Waals surface area contributed by atoms with E-state index in [0.717, 1.165) is 37.2 Å². The number of nitrogens with zero attached hydrogens (tertiary/aromatic N) is 1. The Morgan fingerprint density at radius 2 is 1.85 bits per heavy atom. The number of anilines is 1. The quantitative estimate of drug-likeness (QED) is 0.802. The number of carboxylic acid groups (broad SMARTS) is 1. The molecule has 1 unspecified atom stereocenters. The third kappa shape index (κ3) is 4.92. The maximum Gasteiger partial charge on any atom is 0.303 e. The third-order valence-corrected chi connectivity index (χ3v) is 4.72. The summed E-state index contributed by atoms with van der Waals surface area (Å²) in [5.74, 6) is -0.809. The number of aryl methyl sites for hydroxylation is 1. The predicted octanol–water partition coefficient (Wildman–Crippen LogP) is 3.31. The number of amides is 1. The molecule has 5 nitrogen and oxygen atoms in total. The fourth-order valence-corrected chi connectivity index (χ4v) is 3.41. The molecule has 3 rings (SSSR count). The van der Waals surface area contributed by atoms with Crippen molar-refractivity contribution in [2.24, 2.45) is 0 Å². The Kier molecular flexibility index (Phi) is 6.02. The molecule has 2 aromatic rings. The van der Waals surface area contributed by atoms with Crippen LogP contribution in [0.3, 0.4) is 0 Å². The zero-order valence-corrected chi connectivity index (χ0v) is 14.7. The third-order valence-electron chi connectivity index (χ3n) is 4.72. The number of rotatable bonds is 7. The summed E-state index contributed by atoms with van der Waals surface area (Å²) in [5.41, 5.74) is 2.85. The molecule has 1 saturated heterocycles. The van der Waals surface area contributed by atoms with E-state index >= 15 is 0 Å². The molecular weight excluding hydrogens is 328 g/mol. The van der Waals surface area contributed by atoms with Gasteiger partial charge in [0, 0.05) is 18.7 Å². The molecule has 1 heterocycles. The molecule has 0 saturated carbocycles. The molecule has 1 aliphatic rings. The number of carbonyl (C=O) groups is 2. The molecule has 0 spiro atoms. The first-order valence-corrected chi connectivity index (χ1v) is 9.01. The predicted molar refractivity (Wildman–Crippen MR) is 101 cm³/mol. The molecule has 0 bridgehead atoms. The molecule has 2 aromatic carbocycles. The van der Waals surface area contributed by atoms with Gasteiger partial charge in [-0.2, -0.15) is 0 Å². The van der Waals surface area contributed by atoms with Gasteiger partial charge in [-0.1, -0.05) is 42.5 Å². The van der Waals surface area contributed by atoms with Crippen molar-refractivity contribution in [2.45, 2.75) is 38.3 Å². The van der Waals surface area contributed by atoms with Gasteiger partial charge in [-0.05, 0) is 49.1 Å². The highest BCUT2D eigenvalue weighted by atomic mass is 16.4. The second-order valence-electron chi connectivity index (χ2n) is 6.70. The van der Waals surface area contributed by atoms with Crippen molar-refractivity contribution in [2.75, 3.05) is 11.9 Å². The van der Waals surface area contributed by atoms with Crippen LogP contribution in [0.2, 0.25) is 0 Å². The lowest BCUT2D eigenvalue weighted by Crippen LogP contribution is -2.39. The van der Waals surface area contributed by atoms with Crippen LogP contribution >= 0.6 is 0 Å². The van der Waals surface area contributed by atoms with Crippen LogP contribution in [0, 0.1) is 0 Å². The first-order valence-electron chi connectivity index (χ1n) is 9.01. The van der Waals surface area contributed by atoms with Gasteiger partial charge in [-0.3, -0.25) is 14.5 Å². The zero-order chi connectivity index (χ0) is 18.4. The van der Waals surface area contributed by atoms with Crippen LogP contribution in [-0.4, -0.2) is 34.5 Å². The summed E-state index contributed by atoms with van der Waals surface area (Å²) >= 11 is 0. The van der Waals surface area contributed by atoms with Gasteiger partial charge in [-0.25, -0.2) is 0 Å². The maximum absolute atomic E-state index is 12.7. The Bertz CT molecular complexity index is 761. The Hall–Kier alpha value is -2.66. The molecule has 136 valence electrons. The SMILES string of the molecule is O=C(O)CCc1cccc(NC(=O)C2CCCN2Cc2ccccc2)c1. The molecule has 0 aliphatic carbocycles. The van der Waals surface area contributed by atoms with Gasteiger partial charge >= 0.3 is 5.97 Å². The normalized spacial score (nSPS) is 17.2. The Morgan fingerprint density at radius 3 is 2.62 bits per heavy atom. The fraction of sp³-hybridized carbons (Fsp3) is 0.333. The second-order valence-corrected chi connectivity index (χ2v) is 6.70. The highest BCUT2D eigenvalue weighted by Gasteiger charge is 2.30. The first kappa shape index (κ1) is 18.1. The summed E-state index contributed by atoms with van der Waals surface area (Å²) in [6.45, 7) is 1.70. The summed E-state index contributed by atoms with van der Waals surface area (Å²) in [7, 11) is 0. The number of likely N-dealkylation sites (tertiary alicyclic amines) is 1. The average Bonchev–Trinajstić information content (AvgIpc) is 3.09. The molecule has 1 fully saturated rings. The molecular formula is C21H24N2O3. The molecule has 0 aromatic heterocycles. The van der Waals surface area contributed by atoms with E-state index in [4.69, 9.17) is 5.11 Å². The maximum atomic E-state index is 12.7. The lowest BCUT2D eigenvalue weighted by Gasteiger charge is -2.23. The van der Waals surface area contributed by atoms with Gasteiger partial charge < -0.3 is 10.4 Å². The Labute approximate surface area is 153 Å². The van der Waals surface area contributed by atoms with E-state index in [0.29, 0.717) is 6.42 Å². The number of nitrogens with one attached hydrogen (secondary N) is 1. The standard InChI is InChI=1S/C21H24N2O3/c24-20(25)12-11-16-8-4-9-18(14-16)22-21(26)19-10-5-13-23(19)15-17-6-2-1-3-7-17/h1-4,6-9,14,19H,5,10-13,15H2,(H,22,26)(H,24,25). The minimum absolute atomic E-state index is 0.00816. The Balaban J connectivity index is 1.61. The monoisotopic (exact) mass is 352 g/mol. The van der Waals surface area contributed by atoms with Crippen molar-refractivity contribution in [1.29, 1.82) is 0 Å². The van der Waals surface area contributed by atoms with Crippen molar-refractivity contribution < 1.29 is 14.7 Å². The Morgan fingerprint density at radius 1 is 1.08 bits per heavy atom. The highest BCUT2D eigenvalue weighted by Crippen LogP contribution is 2.22. The molecule has 1 aliphatic heterocycles. The summed E-state index contributed by atoms with van der Waals surface area (Å²) in [5, 5.41) is 11.8. The van der Waals surface area contributed by atoms with E-state index in [2.05, 4.69) is 22.3 Å². The van der Waals surface area contributed by atoms with Crippen LogP contribution in [0.25, 0.3) is 0 Å². The smallest absolute Gasteiger partial charge is 0.303 e. The average molecular weight is 352 g/mol. The second kappa shape index (κ2) is 8.63. The van der Waals surface area contributed by atoms with Gasteiger partial charge in [0.2, 0.25) is 5.91 Å². The number of carbonyl (C=O) groups excluding carboxylic acids is 1. The van der Waals surface area contributed by atoms with Gasteiger partial charge in [0.05, 0.1) is 6.04 Å². The number of hydrogen-bond acceptors (Lipinski definition) is 3. The topological polar surface area (TPSA) is 69.6 Å². The van der Waals surface area contributed by atoms with Crippen molar-refractivity contribution in [3.05, 3.63) is 65.7 Å². The summed E-state index contributed by atoms with van der Waals surface area (Å²) in [6.07, 6.45) is 2.43. The van der Waals surface area contributed by atoms with Crippen molar-refractivity contribution in [3.8, 4) is 0 Å². The van der Waals surface area contributed by atoms with Crippen molar-refractivity contribution in [3.63, 3.8) is 0 Å². The summed E-state index contributed by atoms with van der Waals surface area (Å²) in [6, 6.07) is 17.5. The molecule has 1 atom stereocenters. The number of carboxylic acids is 1. The minimum Gasteiger partial charge on any atom is -0.481 e. The highest BCUT2D eigenvalue weighted by molar-refractivity contribution is 5.95. The van der Waals surface area contributed by atoms with Gasteiger partial charge in [-0.15, -0.1) is 0 Å². The lowest BCUT2D eigenvalue weighted by atomic mass is 10.1. The largest absolute Gasteiger partial charge is 0.481 e. The van der Waals surface area contributed by atoms with Crippen LogP contribution in [0.5, 0.6) is 0 Å². The van der Waals surface area contributed by atoms with E-state index in [1.165, 1.54) is 5.56 Å². The van der Waals surface area contributed by atoms with Crippen molar-refractivity contribution in [1.82, 2.24) is 4.90 Å². The van der Waals surface area contributed by atoms with E-state index in [1.54, 1.807) is 0 Å². The van der Waals surface area contributed by atoms with E-state index in [1.807, 2.05) is 42.5 Å². The van der Waals surface area contributed by atoms with Gasteiger partial charge in [0.1, 0.15) is 0 Å². The molecule has 2 N–H and O–H groups in total.